The van der Waals surface area contributed by atoms with Crippen LogP contribution in [0.25, 0.3) is 0 Å². The average molecular weight is 337 g/mol. The highest BCUT2D eigenvalue weighted by Crippen LogP contribution is 2.40. The van der Waals surface area contributed by atoms with Crippen LogP contribution in [-0.4, -0.2) is 34.5 Å². The molecule has 0 radical (unpaired) electrons. The molecular weight excluding hydrogens is 329 g/mol. The van der Waals surface area contributed by atoms with Gasteiger partial charge in [-0.15, -0.1) is 11.8 Å². The van der Waals surface area contributed by atoms with Crippen LogP contribution < -0.4 is 4.90 Å². The Balaban J connectivity index is 2.02. The predicted octanol–water partition coefficient (Wildman–Crippen LogP) is 3.20. The molecule has 0 aliphatic carbocycles. The van der Waals surface area contributed by atoms with Gasteiger partial charge in [-0.25, -0.2) is 9.69 Å². The molecule has 1 atom stereocenters. The van der Waals surface area contributed by atoms with Crippen molar-refractivity contribution in [3.63, 3.8) is 0 Å². The first kappa shape index (κ1) is 14.5. The molecular formula is C12H8ClF3N2O2S. The number of nitrogens with zero attached hydrogens (tertiary/aromatic N) is 2. The van der Waals surface area contributed by atoms with Gasteiger partial charge in [0.2, 0.25) is 0 Å². The summed E-state index contributed by atoms with van der Waals surface area (Å²) < 4.78 is 38.6. The van der Waals surface area contributed by atoms with Crippen molar-refractivity contribution in [1.29, 1.82) is 0 Å². The molecule has 2 aliphatic heterocycles. The van der Waals surface area contributed by atoms with Gasteiger partial charge in [-0.05, 0) is 18.2 Å². The van der Waals surface area contributed by atoms with Gasteiger partial charge in [0.25, 0.3) is 5.91 Å². The van der Waals surface area contributed by atoms with E-state index in [4.69, 9.17) is 11.6 Å². The lowest BCUT2D eigenvalue weighted by molar-refractivity contribution is -0.137. The van der Waals surface area contributed by atoms with Crippen molar-refractivity contribution in [2.24, 2.45) is 0 Å². The van der Waals surface area contributed by atoms with Crippen molar-refractivity contribution in [2.45, 2.75) is 11.6 Å². The molecule has 3 amide bonds. The molecule has 9 heteroatoms. The molecule has 3 rings (SSSR count). The monoisotopic (exact) mass is 336 g/mol. The van der Waals surface area contributed by atoms with Crippen LogP contribution in [0.15, 0.2) is 18.2 Å². The Bertz CT molecular complexity index is 615. The fourth-order valence-corrected chi connectivity index (χ4v) is 3.68. The Morgan fingerprint density at radius 3 is 2.62 bits per heavy atom. The van der Waals surface area contributed by atoms with Crippen LogP contribution in [0.2, 0.25) is 5.02 Å². The van der Waals surface area contributed by atoms with Crippen LogP contribution in [0.5, 0.6) is 0 Å². The van der Waals surface area contributed by atoms with E-state index in [1.807, 2.05) is 0 Å². The van der Waals surface area contributed by atoms with Crippen LogP contribution in [0.1, 0.15) is 5.56 Å². The minimum Gasteiger partial charge on any atom is -0.302 e. The minimum absolute atomic E-state index is 0.114. The lowest BCUT2D eigenvalue weighted by Gasteiger charge is -2.17. The highest BCUT2D eigenvalue weighted by atomic mass is 35.5. The first-order valence-electron chi connectivity index (χ1n) is 5.93. The summed E-state index contributed by atoms with van der Waals surface area (Å²) in [7, 11) is 0. The average Bonchev–Trinajstić information content (AvgIpc) is 2.95. The fraction of sp³-hybridized carbons (Fsp3) is 0.333. The maximum Gasteiger partial charge on any atom is 0.417 e. The Hall–Kier alpha value is -1.41. The number of amides is 3. The Morgan fingerprint density at radius 2 is 2.00 bits per heavy atom. The second-order valence-corrected chi connectivity index (χ2v) is 6.13. The van der Waals surface area contributed by atoms with E-state index in [2.05, 4.69) is 0 Å². The molecule has 0 N–H and O–H groups in total. The molecule has 0 aromatic heterocycles. The molecule has 0 spiro atoms. The maximum atomic E-state index is 12.9. The van der Waals surface area contributed by atoms with Crippen LogP contribution in [0.3, 0.4) is 0 Å². The molecule has 0 saturated carbocycles. The molecule has 4 nitrogen and oxygen atoms in total. The van der Waals surface area contributed by atoms with E-state index in [0.717, 1.165) is 17.0 Å². The van der Waals surface area contributed by atoms with E-state index in [9.17, 15) is 22.8 Å². The van der Waals surface area contributed by atoms with Gasteiger partial charge < -0.3 is 4.90 Å². The van der Waals surface area contributed by atoms with Gasteiger partial charge in [0.15, 0.2) is 5.37 Å². The number of carbonyl (C=O) groups is 2. The summed E-state index contributed by atoms with van der Waals surface area (Å²) in [5.41, 5.74) is -1.18. The lowest BCUT2D eigenvalue weighted by atomic mass is 10.2. The topological polar surface area (TPSA) is 40.6 Å². The summed E-state index contributed by atoms with van der Waals surface area (Å²) in [6, 6.07) is 2.41. The zero-order chi connectivity index (χ0) is 15.4. The highest BCUT2D eigenvalue weighted by Gasteiger charge is 2.49. The quantitative estimate of drug-likeness (QED) is 0.739. The van der Waals surface area contributed by atoms with Gasteiger partial charge in [-0.3, -0.25) is 4.79 Å². The summed E-state index contributed by atoms with van der Waals surface area (Å²) in [4.78, 5) is 26.5. The molecule has 2 aliphatic rings. The smallest absolute Gasteiger partial charge is 0.302 e. The molecule has 2 saturated heterocycles. The van der Waals surface area contributed by atoms with Gasteiger partial charge in [0, 0.05) is 12.3 Å². The molecule has 1 aromatic carbocycles. The molecule has 1 aromatic rings. The molecule has 2 fully saturated rings. The summed E-state index contributed by atoms with van der Waals surface area (Å²) in [6.45, 7) is 0.413. The van der Waals surface area contributed by atoms with Crippen molar-refractivity contribution < 1.29 is 22.8 Å². The van der Waals surface area contributed by atoms with Gasteiger partial charge in [-0.1, -0.05) is 11.6 Å². The summed E-state index contributed by atoms with van der Waals surface area (Å²) >= 11 is 6.83. The van der Waals surface area contributed by atoms with Gasteiger partial charge in [0.05, 0.1) is 16.3 Å². The maximum absolute atomic E-state index is 12.9. The normalized spacial score (nSPS) is 22.2. The largest absolute Gasteiger partial charge is 0.417 e. The van der Waals surface area contributed by atoms with Gasteiger partial charge >= 0.3 is 12.2 Å². The summed E-state index contributed by atoms with van der Waals surface area (Å²) in [5, 5.41) is -1.11. The second kappa shape index (κ2) is 4.81. The first-order chi connectivity index (χ1) is 9.80. The number of urea groups is 1. The SMILES string of the molecule is O=C1C2SCCN2C(=O)N1c1ccc(Cl)c(C(F)(F)F)c1. The van der Waals surface area contributed by atoms with Crippen molar-refractivity contribution >= 4 is 41.0 Å². The molecule has 0 bridgehead atoms. The van der Waals surface area contributed by atoms with Crippen molar-refractivity contribution in [3.8, 4) is 0 Å². The number of hydrogen-bond acceptors (Lipinski definition) is 3. The zero-order valence-electron chi connectivity index (χ0n) is 10.4. The highest BCUT2D eigenvalue weighted by molar-refractivity contribution is 8.00. The number of rotatable bonds is 1. The number of anilines is 1. The van der Waals surface area contributed by atoms with Gasteiger partial charge in [-0.2, -0.15) is 13.2 Å². The van der Waals surface area contributed by atoms with E-state index in [1.54, 1.807) is 0 Å². The third kappa shape index (κ3) is 2.26. The fourth-order valence-electron chi connectivity index (χ4n) is 2.31. The van der Waals surface area contributed by atoms with Crippen molar-refractivity contribution in [3.05, 3.63) is 28.8 Å². The Kier molecular flexibility index (Phi) is 3.32. The number of fused-ring (bicyclic) bond motifs is 1. The van der Waals surface area contributed by atoms with Crippen LogP contribution >= 0.6 is 23.4 Å². The van der Waals surface area contributed by atoms with Crippen LogP contribution in [0, 0.1) is 0 Å². The third-order valence-electron chi connectivity index (χ3n) is 3.27. The van der Waals surface area contributed by atoms with E-state index in [0.29, 0.717) is 12.3 Å². The minimum atomic E-state index is -4.65. The number of alkyl halides is 3. The van der Waals surface area contributed by atoms with E-state index in [-0.39, 0.29) is 5.69 Å². The molecule has 112 valence electrons. The lowest BCUT2D eigenvalue weighted by Crippen LogP contribution is -2.33. The second-order valence-electron chi connectivity index (χ2n) is 4.53. The van der Waals surface area contributed by atoms with Crippen LogP contribution in [-0.2, 0) is 11.0 Å². The Morgan fingerprint density at radius 1 is 1.29 bits per heavy atom. The first-order valence-corrected chi connectivity index (χ1v) is 7.36. The van der Waals surface area contributed by atoms with Gasteiger partial charge in [0.1, 0.15) is 0 Å². The standard InChI is InChI=1S/C12H8ClF3N2O2S/c13-8-2-1-6(5-7(8)12(14,15)16)18-9(19)10-17(11(18)20)3-4-21-10/h1-2,5,10H,3-4H2. The molecule has 21 heavy (non-hydrogen) atoms. The number of benzene rings is 1. The number of halogens is 4. The number of imide groups is 1. The third-order valence-corrected chi connectivity index (χ3v) is 4.79. The predicted molar refractivity (Wildman–Crippen MR) is 72.3 cm³/mol. The van der Waals surface area contributed by atoms with E-state index >= 15 is 0 Å². The number of carbonyl (C=O) groups excluding carboxylic acids is 2. The van der Waals surface area contributed by atoms with Crippen molar-refractivity contribution in [2.75, 3.05) is 17.2 Å². The summed E-state index contributed by atoms with van der Waals surface area (Å²) in [5.74, 6) is 0.127. The Labute approximate surface area is 126 Å². The number of thioether (sulfide) groups is 1. The van der Waals surface area contributed by atoms with E-state index in [1.165, 1.54) is 22.7 Å². The van der Waals surface area contributed by atoms with E-state index < -0.39 is 34.1 Å². The summed E-state index contributed by atoms with van der Waals surface area (Å²) in [6.07, 6.45) is -4.65. The zero-order valence-corrected chi connectivity index (χ0v) is 11.9. The molecule has 1 unspecified atom stereocenters. The molecule has 2 heterocycles. The van der Waals surface area contributed by atoms with Crippen LogP contribution in [0.4, 0.5) is 23.7 Å². The number of hydrogen-bond donors (Lipinski definition) is 0. The van der Waals surface area contributed by atoms with Crippen molar-refractivity contribution in [1.82, 2.24) is 4.90 Å².